The van der Waals surface area contributed by atoms with Crippen molar-refractivity contribution in [1.29, 1.82) is 0 Å². The zero-order valence-electron chi connectivity index (χ0n) is 37.5. The van der Waals surface area contributed by atoms with Crippen molar-refractivity contribution in [2.24, 2.45) is 5.92 Å². The highest BCUT2D eigenvalue weighted by atomic mass is 28.3. The van der Waals surface area contributed by atoms with Crippen LogP contribution in [-0.2, 0) is 17.5 Å². The van der Waals surface area contributed by atoms with Crippen LogP contribution in [0.15, 0.2) is 162 Å². The number of rotatable bonds is 5. The Labute approximate surface area is 370 Å². The van der Waals surface area contributed by atoms with Gasteiger partial charge in [0, 0.05) is 33.2 Å². The first-order chi connectivity index (χ1) is 30.4. The molecule has 5 heterocycles. The first-order valence-corrected chi connectivity index (χ1v) is 26.2. The number of imidazole rings is 1. The molecule has 1 spiro atoms. The lowest BCUT2D eigenvalue weighted by molar-refractivity contribution is -0.944. The Balaban J connectivity index is 1.37. The largest absolute Gasteiger partial charge is 0.455 e. The van der Waals surface area contributed by atoms with Gasteiger partial charge in [-0.3, -0.25) is 0 Å². The summed E-state index contributed by atoms with van der Waals surface area (Å²) in [4.78, 5) is 0. The van der Waals surface area contributed by atoms with Crippen molar-refractivity contribution in [2.75, 3.05) is 0 Å². The van der Waals surface area contributed by atoms with Crippen LogP contribution in [0.5, 0.6) is 0 Å². The predicted molar refractivity (Wildman–Crippen MR) is 263 cm³/mol. The Bertz CT molecular complexity index is 3540. The number of para-hydroxylation sites is 2. The minimum absolute atomic E-state index is 0.185. The number of nitrogens with zero attached hydrogens (tertiary/aromatic N) is 3. The van der Waals surface area contributed by atoms with Crippen molar-refractivity contribution >= 4 is 57.0 Å². The fourth-order valence-electron chi connectivity index (χ4n) is 11.3. The van der Waals surface area contributed by atoms with Gasteiger partial charge in [0.2, 0.25) is 5.69 Å². The average molecular weight is 836 g/mol. The summed E-state index contributed by atoms with van der Waals surface area (Å²) in [6, 6.07) is 56.8. The molecule has 12 rings (SSSR count). The molecule has 0 radical (unpaired) electrons. The summed E-state index contributed by atoms with van der Waals surface area (Å²) in [5, 5.41) is 6.22. The number of hydrogen-bond donors (Lipinski definition) is 0. The van der Waals surface area contributed by atoms with Gasteiger partial charge in [0.05, 0.1) is 24.8 Å². The van der Waals surface area contributed by atoms with Crippen molar-refractivity contribution < 1.29 is 13.6 Å². The molecule has 0 saturated carbocycles. The lowest BCUT2D eigenvalue weighted by Crippen LogP contribution is -2.72. The summed E-state index contributed by atoms with van der Waals surface area (Å²) in [7, 11) is -1.87. The highest BCUT2D eigenvalue weighted by molar-refractivity contribution is 6.89. The molecule has 2 aliphatic rings. The fourth-order valence-corrected chi connectivity index (χ4v) is 13.0. The van der Waals surface area contributed by atoms with E-state index in [1.807, 2.05) is 0 Å². The second-order valence-corrected chi connectivity index (χ2v) is 25.5. The third kappa shape index (κ3) is 5.26. The number of pyridine rings is 1. The van der Waals surface area contributed by atoms with Gasteiger partial charge in [-0.2, -0.15) is 4.57 Å². The van der Waals surface area contributed by atoms with E-state index in [9.17, 15) is 0 Å². The van der Waals surface area contributed by atoms with Gasteiger partial charge in [0.1, 0.15) is 16.8 Å². The Morgan fingerprint density at radius 2 is 1.38 bits per heavy atom. The van der Waals surface area contributed by atoms with Gasteiger partial charge < -0.3 is 4.42 Å². The van der Waals surface area contributed by atoms with E-state index in [-0.39, 0.29) is 5.41 Å². The molecule has 0 amide bonds. The molecule has 7 aromatic carbocycles. The average Bonchev–Trinajstić information content (AvgIpc) is 3.97. The van der Waals surface area contributed by atoms with Gasteiger partial charge in [0.15, 0.2) is 22.8 Å². The summed E-state index contributed by atoms with van der Waals surface area (Å²) in [5.41, 5.74) is 15.8. The lowest BCUT2D eigenvalue weighted by atomic mass is 9.83. The molecule has 3 aromatic heterocycles. The van der Waals surface area contributed by atoms with Crippen LogP contribution in [0.1, 0.15) is 56.9 Å². The highest BCUT2D eigenvalue weighted by Crippen LogP contribution is 2.53. The smallest absolute Gasteiger partial charge is 0.364 e. The quantitative estimate of drug-likeness (QED) is 0.125. The van der Waals surface area contributed by atoms with Gasteiger partial charge in [-0.1, -0.05) is 157 Å². The molecule has 0 aliphatic carbocycles. The molecule has 0 bridgehead atoms. The summed E-state index contributed by atoms with van der Waals surface area (Å²) < 4.78 is 15.3. The molecule has 63 heavy (non-hydrogen) atoms. The van der Waals surface area contributed by atoms with Crippen molar-refractivity contribution in [3.63, 3.8) is 0 Å². The number of hydrogen-bond acceptors (Lipinski definition) is 1. The highest BCUT2D eigenvalue weighted by Gasteiger charge is 2.67. The SMILES string of the molecule is CC(C)Cc1cc2[n+](cc1[Si](C)(C)C)C1(c3ccccc3-2)c2ccc3c(oc4ccccc43)c2-c2n(-c3c(-c4ccccc4)cccc3C(C)(C)C)c3cc4ccccc4cc3[n+]21. The zero-order valence-corrected chi connectivity index (χ0v) is 38.5. The molecule has 0 fully saturated rings. The summed E-state index contributed by atoms with van der Waals surface area (Å²) in [5.74, 6) is 1.67. The third-order valence-electron chi connectivity index (χ3n) is 13.9. The van der Waals surface area contributed by atoms with Crippen LogP contribution >= 0.6 is 0 Å². The van der Waals surface area contributed by atoms with Crippen LogP contribution in [0.25, 0.3) is 83.2 Å². The normalized spacial score (nSPS) is 15.6. The van der Waals surface area contributed by atoms with Crippen molar-refractivity contribution in [1.82, 2.24) is 4.57 Å². The predicted octanol–water partition coefficient (Wildman–Crippen LogP) is 13.2. The van der Waals surface area contributed by atoms with Crippen LogP contribution in [0.3, 0.4) is 0 Å². The van der Waals surface area contributed by atoms with E-state index in [0.29, 0.717) is 5.92 Å². The molecule has 10 aromatic rings. The van der Waals surface area contributed by atoms with Crippen LogP contribution < -0.4 is 14.3 Å². The molecule has 2 aliphatic heterocycles. The molecule has 4 nitrogen and oxygen atoms in total. The molecule has 1 unspecified atom stereocenters. The van der Waals surface area contributed by atoms with E-state index < -0.39 is 13.7 Å². The van der Waals surface area contributed by atoms with Gasteiger partial charge >= 0.3 is 11.5 Å². The molecule has 308 valence electrons. The van der Waals surface area contributed by atoms with Gasteiger partial charge in [0.25, 0.3) is 0 Å². The van der Waals surface area contributed by atoms with Gasteiger partial charge in [-0.15, -0.1) is 9.13 Å². The number of fused-ring (bicyclic) bond motifs is 17. The van der Waals surface area contributed by atoms with E-state index >= 15 is 0 Å². The minimum atomic E-state index is -1.87. The van der Waals surface area contributed by atoms with E-state index in [0.717, 1.165) is 39.7 Å². The summed E-state index contributed by atoms with van der Waals surface area (Å²) >= 11 is 0. The number of aromatic nitrogens is 3. The lowest BCUT2D eigenvalue weighted by Gasteiger charge is -2.24. The van der Waals surface area contributed by atoms with Crippen molar-refractivity contribution in [3.8, 4) is 39.5 Å². The maximum atomic E-state index is 7.22. The van der Waals surface area contributed by atoms with Crippen LogP contribution in [0.4, 0.5) is 0 Å². The van der Waals surface area contributed by atoms with Gasteiger partial charge in [-0.25, -0.2) is 0 Å². The zero-order chi connectivity index (χ0) is 43.2. The number of benzene rings is 7. The van der Waals surface area contributed by atoms with Crippen LogP contribution in [0, 0.1) is 5.92 Å². The summed E-state index contributed by atoms with van der Waals surface area (Å²) in [6.45, 7) is 19.3. The van der Waals surface area contributed by atoms with E-state index in [4.69, 9.17) is 4.42 Å². The topological polar surface area (TPSA) is 25.8 Å². The molecular weight excluding hydrogens is 783 g/mol. The first kappa shape index (κ1) is 38.1. The maximum absolute atomic E-state index is 7.22. The Kier molecular flexibility index (Phi) is 8.01. The van der Waals surface area contributed by atoms with Gasteiger partial charge in [-0.05, 0) is 82.1 Å². The molecule has 0 N–H and O–H groups in total. The second kappa shape index (κ2) is 13.2. The van der Waals surface area contributed by atoms with Crippen molar-refractivity contribution in [3.05, 3.63) is 180 Å². The molecule has 1 atom stereocenters. The monoisotopic (exact) mass is 835 g/mol. The van der Waals surface area contributed by atoms with E-state index in [2.05, 4.69) is 226 Å². The minimum Gasteiger partial charge on any atom is -0.455 e. The molecular formula is C58H53N3OSi+2. The Hall–Kier alpha value is -6.56. The third-order valence-corrected chi connectivity index (χ3v) is 16.0. The Morgan fingerprint density at radius 1 is 0.683 bits per heavy atom. The van der Waals surface area contributed by atoms with Crippen LogP contribution in [-0.4, -0.2) is 12.6 Å². The van der Waals surface area contributed by atoms with Crippen LogP contribution in [0.2, 0.25) is 19.6 Å². The fraction of sp³-hybridized carbons (Fsp3) is 0.207. The standard InChI is InChI=1S/C58H53N3OSi/c1-36(2)31-40-34-48-44-24-14-16-26-45(44)58(59(48)35-52(40)63(6,7)8)46-30-29-43-42-23-15-17-28-51(42)62-55(43)53(46)56-60(49-32-38-21-12-13-22-39(38)33-50(49)61(56)58)54-41(37-19-10-9-11-20-37)25-18-27-47(54)57(3,4)5/h9-30,32-36H,31H2,1-8H3/q+2. The molecule has 0 saturated heterocycles. The van der Waals surface area contributed by atoms with E-state index in [1.165, 1.54) is 77.3 Å². The second-order valence-electron chi connectivity index (χ2n) is 20.5. The first-order valence-electron chi connectivity index (χ1n) is 22.7. The molecule has 5 heteroatoms. The maximum Gasteiger partial charge on any atom is 0.364 e. The van der Waals surface area contributed by atoms with Crippen molar-refractivity contribution in [2.45, 2.75) is 71.8 Å². The van der Waals surface area contributed by atoms with E-state index in [1.54, 1.807) is 0 Å². The number of furan rings is 1. The Morgan fingerprint density at radius 3 is 2.14 bits per heavy atom. The summed E-state index contributed by atoms with van der Waals surface area (Å²) in [6.07, 6.45) is 3.64.